The summed E-state index contributed by atoms with van der Waals surface area (Å²) in [5.74, 6) is 0. The fourth-order valence-electron chi connectivity index (χ4n) is 1.08. The number of rotatable bonds is 1. The second-order valence-electron chi connectivity index (χ2n) is 2.67. The topological polar surface area (TPSA) is 3.88 Å². The fourth-order valence-corrected chi connectivity index (χ4v) is 1.08. The Kier molecular flexibility index (Phi) is 2.42. The molecular formula is C10H14N+. The van der Waals surface area contributed by atoms with E-state index in [2.05, 4.69) is 49.9 Å². The SMILES string of the molecule is C/C=C(/C)c1cccc[n+]1C. The van der Waals surface area contributed by atoms with Crippen LogP contribution in [0.5, 0.6) is 0 Å². The molecule has 1 rings (SSSR count). The van der Waals surface area contributed by atoms with E-state index >= 15 is 0 Å². The summed E-state index contributed by atoms with van der Waals surface area (Å²) in [7, 11) is 2.06. The maximum atomic E-state index is 2.12. The number of pyridine rings is 1. The highest BCUT2D eigenvalue weighted by Crippen LogP contribution is 2.06. The Bertz CT molecular complexity index is 274. The summed E-state index contributed by atoms with van der Waals surface area (Å²) in [5.41, 5.74) is 2.59. The van der Waals surface area contributed by atoms with Gasteiger partial charge in [0.2, 0.25) is 5.69 Å². The molecule has 0 bridgehead atoms. The number of allylic oxidation sites excluding steroid dienone is 2. The Hall–Kier alpha value is -1.11. The number of aromatic nitrogens is 1. The molecule has 58 valence electrons. The third kappa shape index (κ3) is 1.67. The molecule has 0 saturated carbocycles. The smallest absolute Gasteiger partial charge is 0.201 e. The van der Waals surface area contributed by atoms with Crippen molar-refractivity contribution < 1.29 is 4.57 Å². The monoisotopic (exact) mass is 148 g/mol. The predicted molar refractivity (Wildman–Crippen MR) is 46.9 cm³/mol. The van der Waals surface area contributed by atoms with Crippen LogP contribution in [0.25, 0.3) is 5.57 Å². The molecule has 0 aromatic carbocycles. The molecule has 1 aromatic rings. The van der Waals surface area contributed by atoms with Crippen LogP contribution in [0.3, 0.4) is 0 Å². The van der Waals surface area contributed by atoms with E-state index in [-0.39, 0.29) is 0 Å². The normalized spacial score (nSPS) is 11.7. The van der Waals surface area contributed by atoms with Crippen LogP contribution in [-0.2, 0) is 7.05 Å². The zero-order valence-corrected chi connectivity index (χ0v) is 7.33. The Balaban J connectivity index is 3.14. The number of nitrogens with zero attached hydrogens (tertiary/aromatic N) is 1. The molecule has 0 aliphatic rings. The van der Waals surface area contributed by atoms with E-state index in [0.717, 1.165) is 0 Å². The highest BCUT2D eigenvalue weighted by Gasteiger charge is 2.04. The molecule has 0 fully saturated rings. The fraction of sp³-hybridized carbons (Fsp3) is 0.300. The van der Waals surface area contributed by atoms with Gasteiger partial charge in [-0.25, -0.2) is 4.57 Å². The van der Waals surface area contributed by atoms with E-state index in [4.69, 9.17) is 0 Å². The van der Waals surface area contributed by atoms with Crippen molar-refractivity contribution in [3.05, 3.63) is 36.2 Å². The van der Waals surface area contributed by atoms with Crippen molar-refractivity contribution in [2.24, 2.45) is 7.05 Å². The van der Waals surface area contributed by atoms with Crippen LogP contribution in [-0.4, -0.2) is 0 Å². The summed E-state index contributed by atoms with van der Waals surface area (Å²) in [6, 6.07) is 6.21. The molecule has 0 aliphatic carbocycles. The molecule has 0 atom stereocenters. The van der Waals surface area contributed by atoms with Gasteiger partial charge in [-0.3, -0.25) is 0 Å². The van der Waals surface area contributed by atoms with Crippen molar-refractivity contribution in [2.45, 2.75) is 13.8 Å². The lowest BCUT2D eigenvalue weighted by Gasteiger charge is -1.96. The predicted octanol–water partition coefficient (Wildman–Crippen LogP) is 1.93. The Morgan fingerprint density at radius 3 is 2.73 bits per heavy atom. The minimum Gasteiger partial charge on any atom is -0.201 e. The van der Waals surface area contributed by atoms with Crippen LogP contribution in [0.2, 0.25) is 0 Å². The number of aryl methyl sites for hydroxylation is 1. The van der Waals surface area contributed by atoms with Crippen molar-refractivity contribution >= 4 is 5.57 Å². The molecule has 0 unspecified atom stereocenters. The van der Waals surface area contributed by atoms with Crippen molar-refractivity contribution in [3.8, 4) is 0 Å². The van der Waals surface area contributed by atoms with Crippen LogP contribution < -0.4 is 4.57 Å². The van der Waals surface area contributed by atoms with E-state index in [1.54, 1.807) is 0 Å². The van der Waals surface area contributed by atoms with Gasteiger partial charge in [0, 0.05) is 17.7 Å². The summed E-state index contributed by atoms with van der Waals surface area (Å²) in [4.78, 5) is 0. The standard InChI is InChI=1S/C10H14N/c1-4-9(2)10-7-5-6-8-11(10)3/h4-8H,1-3H3/q+1/b9-4-. The van der Waals surface area contributed by atoms with Crippen LogP contribution >= 0.6 is 0 Å². The summed E-state index contributed by atoms with van der Waals surface area (Å²) < 4.78 is 2.12. The maximum absolute atomic E-state index is 2.12. The third-order valence-corrected chi connectivity index (χ3v) is 1.89. The molecule has 1 heterocycles. The average molecular weight is 148 g/mol. The van der Waals surface area contributed by atoms with E-state index in [0.29, 0.717) is 0 Å². The maximum Gasteiger partial charge on any atom is 0.207 e. The lowest BCUT2D eigenvalue weighted by Crippen LogP contribution is -2.31. The van der Waals surface area contributed by atoms with Crippen molar-refractivity contribution in [2.75, 3.05) is 0 Å². The highest BCUT2D eigenvalue weighted by molar-refractivity contribution is 5.57. The van der Waals surface area contributed by atoms with Crippen LogP contribution in [0.15, 0.2) is 30.5 Å². The molecule has 0 N–H and O–H groups in total. The van der Waals surface area contributed by atoms with Gasteiger partial charge < -0.3 is 0 Å². The zero-order chi connectivity index (χ0) is 8.27. The molecule has 1 nitrogen and oxygen atoms in total. The number of hydrogen-bond donors (Lipinski definition) is 0. The van der Waals surface area contributed by atoms with Gasteiger partial charge in [-0.1, -0.05) is 6.08 Å². The molecule has 0 spiro atoms. The quantitative estimate of drug-likeness (QED) is 0.536. The van der Waals surface area contributed by atoms with Gasteiger partial charge in [0.15, 0.2) is 6.20 Å². The Labute approximate surface area is 68.0 Å². The molecule has 0 aliphatic heterocycles. The first kappa shape index (κ1) is 7.99. The molecule has 11 heavy (non-hydrogen) atoms. The lowest BCUT2D eigenvalue weighted by molar-refractivity contribution is -0.673. The molecule has 0 radical (unpaired) electrons. The van der Waals surface area contributed by atoms with Crippen LogP contribution in [0.1, 0.15) is 19.5 Å². The minimum absolute atomic E-state index is 1.27. The molecule has 1 aromatic heterocycles. The minimum atomic E-state index is 1.27. The first-order chi connectivity index (χ1) is 5.25. The molecule has 0 saturated heterocycles. The van der Waals surface area contributed by atoms with Gasteiger partial charge >= 0.3 is 0 Å². The van der Waals surface area contributed by atoms with E-state index in [9.17, 15) is 0 Å². The molecular weight excluding hydrogens is 134 g/mol. The first-order valence-corrected chi connectivity index (χ1v) is 3.83. The van der Waals surface area contributed by atoms with Crippen molar-refractivity contribution in [1.82, 2.24) is 0 Å². The van der Waals surface area contributed by atoms with Gasteiger partial charge in [0.25, 0.3) is 0 Å². The van der Waals surface area contributed by atoms with Gasteiger partial charge in [-0.15, -0.1) is 0 Å². The van der Waals surface area contributed by atoms with Gasteiger partial charge in [0.05, 0.1) is 0 Å². The second-order valence-corrected chi connectivity index (χ2v) is 2.67. The summed E-state index contributed by atoms with van der Waals surface area (Å²) in [6.07, 6.45) is 4.18. The highest BCUT2D eigenvalue weighted by atomic mass is 14.9. The average Bonchev–Trinajstić information content (AvgIpc) is 2.04. The van der Waals surface area contributed by atoms with Gasteiger partial charge in [0.1, 0.15) is 7.05 Å². The van der Waals surface area contributed by atoms with Crippen LogP contribution in [0, 0.1) is 0 Å². The zero-order valence-electron chi connectivity index (χ0n) is 7.33. The van der Waals surface area contributed by atoms with Crippen molar-refractivity contribution in [3.63, 3.8) is 0 Å². The molecule has 1 heteroatoms. The van der Waals surface area contributed by atoms with E-state index in [1.165, 1.54) is 11.3 Å². The van der Waals surface area contributed by atoms with Crippen molar-refractivity contribution in [1.29, 1.82) is 0 Å². The Morgan fingerprint density at radius 2 is 2.18 bits per heavy atom. The number of hydrogen-bond acceptors (Lipinski definition) is 0. The Morgan fingerprint density at radius 1 is 1.45 bits per heavy atom. The largest absolute Gasteiger partial charge is 0.207 e. The summed E-state index contributed by atoms with van der Waals surface area (Å²) >= 11 is 0. The molecule has 0 amide bonds. The van der Waals surface area contributed by atoms with Gasteiger partial charge in [-0.2, -0.15) is 0 Å². The summed E-state index contributed by atoms with van der Waals surface area (Å²) in [6.45, 7) is 4.18. The van der Waals surface area contributed by atoms with E-state index in [1.807, 2.05) is 6.07 Å². The lowest BCUT2D eigenvalue weighted by atomic mass is 10.2. The van der Waals surface area contributed by atoms with Gasteiger partial charge in [-0.05, 0) is 19.9 Å². The summed E-state index contributed by atoms with van der Waals surface area (Å²) in [5, 5.41) is 0. The third-order valence-electron chi connectivity index (χ3n) is 1.89. The van der Waals surface area contributed by atoms with E-state index < -0.39 is 0 Å². The second kappa shape index (κ2) is 3.33. The van der Waals surface area contributed by atoms with Crippen LogP contribution in [0.4, 0.5) is 0 Å². The first-order valence-electron chi connectivity index (χ1n) is 3.83.